The van der Waals surface area contributed by atoms with Crippen molar-refractivity contribution in [2.45, 2.75) is 70.2 Å². The number of hydrogen-bond donors (Lipinski definition) is 0. The van der Waals surface area contributed by atoms with Crippen molar-refractivity contribution < 1.29 is 40.7 Å². The molecule has 1 fully saturated rings. The highest BCUT2D eigenvalue weighted by Crippen LogP contribution is 2.38. The molecule has 0 radical (unpaired) electrons. The molecule has 6 nitrogen and oxygen atoms in total. The van der Waals surface area contributed by atoms with Gasteiger partial charge in [-0.05, 0) is 62.9 Å². The number of benzene rings is 2. The van der Waals surface area contributed by atoms with Crippen molar-refractivity contribution in [3.63, 3.8) is 0 Å². The number of likely N-dealkylation sites (N-methyl/N-ethyl adjacent to an activating group) is 1. The smallest absolute Gasteiger partial charge is 0.416 e. The lowest BCUT2D eigenvalue weighted by Gasteiger charge is -2.46. The van der Waals surface area contributed by atoms with Crippen LogP contribution in [0.4, 0.5) is 35.9 Å². The Morgan fingerprint density at radius 2 is 1.48 bits per heavy atom. The average Bonchev–Trinajstić information content (AvgIpc) is 2.85. The van der Waals surface area contributed by atoms with Crippen LogP contribution in [0.25, 0.3) is 0 Å². The van der Waals surface area contributed by atoms with Crippen molar-refractivity contribution in [3.05, 3.63) is 70.8 Å². The second kappa shape index (κ2) is 11.6. The summed E-state index contributed by atoms with van der Waals surface area (Å²) in [6.45, 7) is 4.99. The third-order valence-corrected chi connectivity index (χ3v) is 6.56. The van der Waals surface area contributed by atoms with Crippen LogP contribution in [0.3, 0.4) is 0 Å². The Balaban J connectivity index is 1.94. The van der Waals surface area contributed by atoms with Gasteiger partial charge in [0.25, 0.3) is 0 Å². The Hall–Kier alpha value is -3.44. The third kappa shape index (κ3) is 7.60. The molecule has 0 N–H and O–H groups in total. The van der Waals surface area contributed by atoms with Crippen molar-refractivity contribution in [2.75, 3.05) is 20.6 Å². The van der Waals surface area contributed by atoms with Crippen LogP contribution in [0, 0.1) is 0 Å². The monoisotopic (exact) mass is 573 g/mol. The van der Waals surface area contributed by atoms with Gasteiger partial charge < -0.3 is 19.4 Å². The quantitative estimate of drug-likeness (QED) is 0.360. The number of hydrogen-bond acceptors (Lipinski definition) is 3. The number of amides is 3. The number of alkyl halides is 6. The molecule has 1 saturated heterocycles. The van der Waals surface area contributed by atoms with E-state index in [1.165, 1.54) is 16.8 Å². The summed E-state index contributed by atoms with van der Waals surface area (Å²) in [5.41, 5.74) is -3.23. The van der Waals surface area contributed by atoms with E-state index in [1.807, 2.05) is 0 Å². The van der Waals surface area contributed by atoms with Gasteiger partial charge in [-0.1, -0.05) is 30.3 Å². The second-order valence-electron chi connectivity index (χ2n) is 10.9. The molecule has 0 unspecified atom stereocenters. The lowest BCUT2D eigenvalue weighted by Crippen LogP contribution is -2.55. The first-order valence-corrected chi connectivity index (χ1v) is 12.7. The van der Waals surface area contributed by atoms with Crippen LogP contribution in [0.2, 0.25) is 0 Å². The van der Waals surface area contributed by atoms with Crippen molar-refractivity contribution in [2.24, 2.45) is 0 Å². The molecule has 3 rings (SSSR count). The molecule has 12 heteroatoms. The molecule has 1 heterocycles. The van der Waals surface area contributed by atoms with Gasteiger partial charge in [-0.15, -0.1) is 0 Å². The molecule has 2 aromatic rings. The van der Waals surface area contributed by atoms with Crippen molar-refractivity contribution in [1.29, 1.82) is 0 Å². The number of ether oxygens (including phenoxy) is 1. The van der Waals surface area contributed by atoms with Gasteiger partial charge in [0, 0.05) is 27.2 Å². The Morgan fingerprint density at radius 3 is 1.98 bits per heavy atom. The molecule has 0 saturated carbocycles. The minimum atomic E-state index is -5.00. The molecule has 40 heavy (non-hydrogen) atoms. The van der Waals surface area contributed by atoms with Gasteiger partial charge in [0.05, 0.1) is 23.2 Å². The highest BCUT2D eigenvalue weighted by Gasteiger charge is 2.41. The molecule has 220 valence electrons. The number of likely N-dealkylation sites (tertiary alicyclic amines) is 1. The van der Waals surface area contributed by atoms with Gasteiger partial charge in [0.15, 0.2) is 0 Å². The van der Waals surface area contributed by atoms with Crippen molar-refractivity contribution in [3.8, 4) is 0 Å². The summed E-state index contributed by atoms with van der Waals surface area (Å²) in [5.74, 6) is 0. The van der Waals surface area contributed by atoms with Gasteiger partial charge >= 0.3 is 24.5 Å². The Bertz CT molecular complexity index is 1160. The molecule has 2 atom stereocenters. The van der Waals surface area contributed by atoms with E-state index in [0.717, 1.165) is 10.5 Å². The van der Waals surface area contributed by atoms with E-state index in [0.29, 0.717) is 25.0 Å². The maximum Gasteiger partial charge on any atom is 0.416 e. The third-order valence-electron chi connectivity index (χ3n) is 6.56. The van der Waals surface area contributed by atoms with Crippen LogP contribution in [-0.4, -0.2) is 59.1 Å². The molecule has 0 spiro atoms. The van der Waals surface area contributed by atoms with Crippen LogP contribution in [-0.2, 0) is 23.6 Å². The summed E-state index contributed by atoms with van der Waals surface area (Å²) in [5, 5.41) is 0. The minimum absolute atomic E-state index is 0.0541. The number of halogens is 6. The number of carbonyl (C=O) groups is 2. The number of rotatable bonds is 4. The van der Waals surface area contributed by atoms with Crippen LogP contribution in [0.15, 0.2) is 48.5 Å². The first-order valence-electron chi connectivity index (χ1n) is 12.7. The summed E-state index contributed by atoms with van der Waals surface area (Å²) in [7, 11) is 2.90. The van der Waals surface area contributed by atoms with Gasteiger partial charge in [-0.25, -0.2) is 9.59 Å². The predicted molar refractivity (Wildman–Crippen MR) is 136 cm³/mol. The first kappa shape index (κ1) is 31.1. The van der Waals surface area contributed by atoms with Crippen LogP contribution < -0.4 is 0 Å². The van der Waals surface area contributed by atoms with Crippen LogP contribution in [0.1, 0.15) is 61.9 Å². The highest BCUT2D eigenvalue weighted by atomic mass is 19.4. The fraction of sp³-hybridized carbons (Fsp3) is 0.500. The molecule has 0 aromatic heterocycles. The Kier molecular flexibility index (Phi) is 9.00. The number of nitrogens with zero attached hydrogens (tertiary/aromatic N) is 3. The molecular formula is C28H33F6N3O3. The lowest BCUT2D eigenvalue weighted by molar-refractivity contribution is -0.143. The van der Waals surface area contributed by atoms with Gasteiger partial charge in [-0.2, -0.15) is 26.3 Å². The predicted octanol–water partition coefficient (Wildman–Crippen LogP) is 7.35. The summed E-state index contributed by atoms with van der Waals surface area (Å²) >= 11 is 0. The zero-order chi connectivity index (χ0) is 30.0. The van der Waals surface area contributed by atoms with Crippen molar-refractivity contribution >= 4 is 12.1 Å². The fourth-order valence-electron chi connectivity index (χ4n) is 4.79. The SMILES string of the molecule is CN(Cc1cc(C(F)(F)F)cc(C(F)(F)F)c1)C(=O)N1CCC[C@@H](N(C)C(=O)OC(C)(C)C)[C@H]1c1ccccc1. The lowest BCUT2D eigenvalue weighted by atomic mass is 9.89. The number of urea groups is 1. The summed E-state index contributed by atoms with van der Waals surface area (Å²) in [6.07, 6.45) is -9.51. The summed E-state index contributed by atoms with van der Waals surface area (Å²) in [4.78, 5) is 30.6. The highest BCUT2D eigenvalue weighted by molar-refractivity contribution is 5.75. The van der Waals surface area contributed by atoms with E-state index in [2.05, 4.69) is 0 Å². The van der Waals surface area contributed by atoms with Crippen molar-refractivity contribution in [1.82, 2.24) is 14.7 Å². The normalized spacial score (nSPS) is 18.3. The molecule has 2 aromatic carbocycles. The molecule has 1 aliphatic heterocycles. The van der Waals surface area contributed by atoms with Gasteiger partial charge in [0.1, 0.15) is 5.60 Å². The van der Waals surface area contributed by atoms with E-state index in [4.69, 9.17) is 4.74 Å². The molecule has 1 aliphatic rings. The molecule has 0 aliphatic carbocycles. The average molecular weight is 574 g/mol. The molecule has 0 bridgehead atoms. The first-order chi connectivity index (χ1) is 18.4. The zero-order valence-corrected chi connectivity index (χ0v) is 22.9. The summed E-state index contributed by atoms with van der Waals surface area (Å²) < 4.78 is 85.6. The molecule has 3 amide bonds. The Morgan fingerprint density at radius 1 is 0.925 bits per heavy atom. The van der Waals surface area contributed by atoms with E-state index < -0.39 is 59.8 Å². The van der Waals surface area contributed by atoms with E-state index in [1.54, 1.807) is 58.2 Å². The largest absolute Gasteiger partial charge is 0.444 e. The van der Waals surface area contributed by atoms with Crippen LogP contribution >= 0.6 is 0 Å². The van der Waals surface area contributed by atoms with Gasteiger partial charge in [0.2, 0.25) is 0 Å². The maximum atomic E-state index is 13.7. The van der Waals surface area contributed by atoms with E-state index in [-0.39, 0.29) is 18.2 Å². The maximum absolute atomic E-state index is 13.7. The van der Waals surface area contributed by atoms with E-state index >= 15 is 0 Å². The second-order valence-corrected chi connectivity index (χ2v) is 10.9. The number of carbonyl (C=O) groups excluding carboxylic acids is 2. The minimum Gasteiger partial charge on any atom is -0.444 e. The topological polar surface area (TPSA) is 53.1 Å². The zero-order valence-electron chi connectivity index (χ0n) is 22.9. The number of piperidine rings is 1. The Labute approximate surface area is 229 Å². The standard InChI is InChI=1S/C28H33F6N3O3/c1-26(2,3)40-25(39)36(5)22-12-9-13-37(23(22)19-10-7-6-8-11-19)24(38)35(4)17-18-14-20(27(29,30)31)16-21(15-18)28(32,33)34/h6-8,10-11,14-16,22-23H,9,12-13,17H2,1-5H3/t22-,23-/m1/s1. The van der Waals surface area contributed by atoms with Gasteiger partial charge in [-0.3, -0.25) is 0 Å². The van der Waals surface area contributed by atoms with E-state index in [9.17, 15) is 35.9 Å². The fourth-order valence-corrected chi connectivity index (χ4v) is 4.79. The van der Waals surface area contributed by atoms with Crippen LogP contribution in [0.5, 0.6) is 0 Å². The summed E-state index contributed by atoms with van der Waals surface area (Å²) in [6, 6.07) is 8.52. The molecular weight excluding hydrogens is 540 g/mol.